The third-order valence-electron chi connectivity index (χ3n) is 4.14. The maximum absolute atomic E-state index is 3.61. The van der Waals surface area contributed by atoms with Gasteiger partial charge in [-0.25, -0.2) is 0 Å². The fourth-order valence-corrected chi connectivity index (χ4v) is 2.93. The second kappa shape index (κ2) is 3.89. The Morgan fingerprint density at radius 2 is 1.69 bits per heavy atom. The smallest absolute Gasteiger partial charge is 0.0194 e. The summed E-state index contributed by atoms with van der Waals surface area (Å²) < 4.78 is 0. The Morgan fingerprint density at radius 1 is 1.06 bits per heavy atom. The summed E-state index contributed by atoms with van der Waals surface area (Å²) in [5.41, 5.74) is 6.06. The quantitative estimate of drug-likeness (QED) is 0.759. The Hall–Kier alpha value is -0.820. The molecule has 0 aromatic heterocycles. The molecule has 1 aromatic rings. The zero-order valence-electron chi connectivity index (χ0n) is 11.1. The van der Waals surface area contributed by atoms with Gasteiger partial charge < -0.3 is 5.32 Å². The summed E-state index contributed by atoms with van der Waals surface area (Å²) in [7, 11) is 0. The summed E-state index contributed by atoms with van der Waals surface area (Å²) >= 11 is 0. The molecule has 1 N–H and O–H groups in total. The van der Waals surface area contributed by atoms with Crippen molar-refractivity contribution in [1.29, 1.82) is 0 Å². The van der Waals surface area contributed by atoms with Crippen LogP contribution in [0.2, 0.25) is 0 Å². The highest BCUT2D eigenvalue weighted by Gasteiger charge is 2.35. The molecule has 0 saturated carbocycles. The third kappa shape index (κ3) is 1.89. The lowest BCUT2D eigenvalue weighted by atomic mass is 9.80. The van der Waals surface area contributed by atoms with Crippen LogP contribution in [-0.2, 0) is 0 Å². The molecule has 1 saturated heterocycles. The van der Waals surface area contributed by atoms with Gasteiger partial charge >= 0.3 is 0 Å². The molecule has 0 spiro atoms. The van der Waals surface area contributed by atoms with Crippen molar-refractivity contribution in [2.75, 3.05) is 6.54 Å². The molecule has 2 rings (SSSR count). The minimum absolute atomic E-state index is 0.243. The first-order valence-electron chi connectivity index (χ1n) is 6.24. The molecule has 1 nitrogen and oxygen atoms in total. The van der Waals surface area contributed by atoms with E-state index in [1.165, 1.54) is 28.7 Å². The number of hydrogen-bond acceptors (Lipinski definition) is 1. The van der Waals surface area contributed by atoms with Crippen LogP contribution in [0.1, 0.15) is 48.4 Å². The van der Waals surface area contributed by atoms with Gasteiger partial charge in [0.15, 0.2) is 0 Å². The number of benzene rings is 1. The summed E-state index contributed by atoms with van der Waals surface area (Å²) in [6.45, 7) is 12.4. The average Bonchev–Trinajstić information content (AvgIpc) is 2.52. The molecule has 16 heavy (non-hydrogen) atoms. The predicted molar refractivity (Wildman–Crippen MR) is 70.1 cm³/mol. The zero-order valence-corrected chi connectivity index (χ0v) is 11.1. The fraction of sp³-hybridized carbons (Fsp3) is 0.600. The second-order valence-corrected chi connectivity index (χ2v) is 5.78. The highest BCUT2D eigenvalue weighted by atomic mass is 15.0. The van der Waals surface area contributed by atoms with Crippen molar-refractivity contribution in [3.8, 4) is 0 Å². The minimum atomic E-state index is 0.243. The highest BCUT2D eigenvalue weighted by Crippen LogP contribution is 2.37. The van der Waals surface area contributed by atoms with Crippen molar-refractivity contribution in [3.63, 3.8) is 0 Å². The molecule has 1 heterocycles. The van der Waals surface area contributed by atoms with E-state index in [9.17, 15) is 0 Å². The van der Waals surface area contributed by atoms with Crippen LogP contribution in [0.5, 0.6) is 0 Å². The first-order chi connectivity index (χ1) is 7.42. The van der Waals surface area contributed by atoms with Crippen LogP contribution in [0, 0.1) is 20.8 Å². The fourth-order valence-electron chi connectivity index (χ4n) is 2.93. The lowest BCUT2D eigenvalue weighted by molar-refractivity contribution is 0.410. The molecular formula is C15H23N. The first kappa shape index (κ1) is 11.7. The van der Waals surface area contributed by atoms with Gasteiger partial charge in [0, 0.05) is 11.5 Å². The van der Waals surface area contributed by atoms with Crippen molar-refractivity contribution in [1.82, 2.24) is 5.32 Å². The first-order valence-corrected chi connectivity index (χ1v) is 6.24. The summed E-state index contributed by atoms with van der Waals surface area (Å²) in [4.78, 5) is 0. The summed E-state index contributed by atoms with van der Waals surface area (Å²) in [6.07, 6.45) is 1.26. The Balaban J connectivity index is 2.44. The van der Waals surface area contributed by atoms with Crippen molar-refractivity contribution < 1.29 is 0 Å². The number of hydrogen-bond donors (Lipinski definition) is 1. The van der Waals surface area contributed by atoms with E-state index in [1.54, 1.807) is 0 Å². The van der Waals surface area contributed by atoms with Crippen LogP contribution >= 0.6 is 0 Å². The maximum Gasteiger partial charge on any atom is 0.0194 e. The molecule has 0 aliphatic carbocycles. The Bertz CT molecular complexity index is 404. The Labute approximate surface area is 99.3 Å². The van der Waals surface area contributed by atoms with Crippen LogP contribution < -0.4 is 5.32 Å². The molecular weight excluding hydrogens is 194 g/mol. The van der Waals surface area contributed by atoms with Gasteiger partial charge in [0.2, 0.25) is 0 Å². The van der Waals surface area contributed by atoms with E-state index >= 15 is 0 Å². The second-order valence-electron chi connectivity index (χ2n) is 5.78. The van der Waals surface area contributed by atoms with Crippen molar-refractivity contribution in [2.24, 2.45) is 0 Å². The van der Waals surface area contributed by atoms with Crippen molar-refractivity contribution >= 4 is 0 Å². The molecule has 0 bridgehead atoms. The van der Waals surface area contributed by atoms with Crippen LogP contribution in [0.15, 0.2) is 12.1 Å². The van der Waals surface area contributed by atoms with E-state index < -0.39 is 0 Å². The van der Waals surface area contributed by atoms with Crippen LogP contribution in [0.4, 0.5) is 0 Å². The summed E-state index contributed by atoms with van der Waals surface area (Å²) in [5.74, 6) is 0.659. The van der Waals surface area contributed by atoms with E-state index in [2.05, 4.69) is 52.1 Å². The van der Waals surface area contributed by atoms with E-state index in [1.807, 2.05) is 0 Å². The van der Waals surface area contributed by atoms with Crippen LogP contribution in [0.25, 0.3) is 0 Å². The van der Waals surface area contributed by atoms with Gasteiger partial charge in [-0.3, -0.25) is 0 Å². The lowest BCUT2D eigenvalue weighted by Gasteiger charge is -2.29. The molecule has 0 radical (unpaired) electrons. The zero-order chi connectivity index (χ0) is 11.9. The van der Waals surface area contributed by atoms with Gasteiger partial charge in [-0.2, -0.15) is 0 Å². The topological polar surface area (TPSA) is 12.0 Å². The number of rotatable bonds is 1. The van der Waals surface area contributed by atoms with Crippen LogP contribution in [-0.4, -0.2) is 12.1 Å². The van der Waals surface area contributed by atoms with E-state index in [0.29, 0.717) is 5.92 Å². The summed E-state index contributed by atoms with van der Waals surface area (Å²) in [5, 5.41) is 3.61. The number of nitrogens with one attached hydrogen (secondary N) is 1. The molecule has 1 fully saturated rings. The van der Waals surface area contributed by atoms with Crippen molar-refractivity contribution in [3.05, 3.63) is 34.4 Å². The van der Waals surface area contributed by atoms with E-state index in [-0.39, 0.29) is 5.54 Å². The third-order valence-corrected chi connectivity index (χ3v) is 4.14. The molecule has 1 aliphatic rings. The maximum atomic E-state index is 3.61. The molecule has 1 atom stereocenters. The van der Waals surface area contributed by atoms with Crippen molar-refractivity contribution in [2.45, 2.75) is 52.5 Å². The highest BCUT2D eigenvalue weighted by molar-refractivity contribution is 5.40. The Kier molecular flexibility index (Phi) is 2.83. The van der Waals surface area contributed by atoms with Crippen LogP contribution in [0.3, 0.4) is 0 Å². The van der Waals surface area contributed by atoms with Gasteiger partial charge in [-0.05, 0) is 69.8 Å². The SMILES string of the molecule is Cc1cc(C)c(C2CCNC2(C)C)cc1C. The molecule has 1 aromatic carbocycles. The van der Waals surface area contributed by atoms with Gasteiger partial charge in [-0.1, -0.05) is 12.1 Å². The molecule has 0 amide bonds. The number of aryl methyl sites for hydroxylation is 3. The van der Waals surface area contributed by atoms with Gasteiger partial charge in [-0.15, -0.1) is 0 Å². The standard InChI is InChI=1S/C15H23N/c1-10-8-12(3)13(9-11(10)2)14-6-7-16-15(14,4)5/h8-9,14,16H,6-7H2,1-5H3. The minimum Gasteiger partial charge on any atom is -0.311 e. The van der Waals surface area contributed by atoms with E-state index in [4.69, 9.17) is 0 Å². The van der Waals surface area contributed by atoms with Gasteiger partial charge in [0.05, 0.1) is 0 Å². The lowest BCUT2D eigenvalue weighted by Crippen LogP contribution is -2.37. The summed E-state index contributed by atoms with van der Waals surface area (Å²) in [6, 6.07) is 4.73. The predicted octanol–water partition coefficient (Wildman–Crippen LogP) is 3.47. The monoisotopic (exact) mass is 217 g/mol. The average molecular weight is 217 g/mol. The molecule has 1 aliphatic heterocycles. The molecule has 1 unspecified atom stereocenters. The Morgan fingerprint density at radius 3 is 2.25 bits per heavy atom. The van der Waals surface area contributed by atoms with Gasteiger partial charge in [0.1, 0.15) is 0 Å². The molecule has 88 valence electrons. The normalized spacial score (nSPS) is 23.7. The van der Waals surface area contributed by atoms with Gasteiger partial charge in [0.25, 0.3) is 0 Å². The largest absolute Gasteiger partial charge is 0.311 e. The van der Waals surface area contributed by atoms with E-state index in [0.717, 1.165) is 6.54 Å². The molecule has 1 heteroatoms.